The van der Waals surface area contributed by atoms with Gasteiger partial charge in [0.2, 0.25) is 10.0 Å². The summed E-state index contributed by atoms with van der Waals surface area (Å²) < 4.78 is 31.6. The number of piperazine rings is 1. The summed E-state index contributed by atoms with van der Waals surface area (Å²) in [4.78, 5) is 11.9. The minimum Gasteiger partial charge on any atom is -0.378 e. The molecule has 0 radical (unpaired) electrons. The van der Waals surface area contributed by atoms with Crippen LogP contribution >= 0.6 is 11.6 Å². The molecule has 170 valence electrons. The molecule has 2 heterocycles. The number of methoxy groups -OCH3 is 1. The number of halogens is 1. The van der Waals surface area contributed by atoms with Gasteiger partial charge in [0.25, 0.3) is 0 Å². The Morgan fingerprint density at radius 2 is 1.87 bits per heavy atom. The third kappa shape index (κ3) is 5.74. The van der Waals surface area contributed by atoms with E-state index in [0.29, 0.717) is 44.2 Å². The molecule has 0 atom stereocenters. The molecule has 0 amide bonds. The standard InChI is InChI=1S/C22H31ClN4O3S/c1-5-31(28,29)27-11-9-26(10-12-27)22-19(14-17-7-6-8-18(23)13-17)20(15-30-4)24-21(25-22)16(2)3/h6-8,13,16H,5,9-12,14-15H2,1-4H3. The Morgan fingerprint density at radius 1 is 1.16 bits per heavy atom. The summed E-state index contributed by atoms with van der Waals surface area (Å²) in [7, 11) is -1.53. The first kappa shape index (κ1) is 23.9. The molecule has 0 unspecified atom stereocenters. The van der Waals surface area contributed by atoms with Crippen molar-refractivity contribution < 1.29 is 13.2 Å². The molecule has 0 bridgehead atoms. The Kier molecular flexibility index (Phi) is 7.91. The van der Waals surface area contributed by atoms with Crippen LogP contribution < -0.4 is 4.90 Å². The number of hydrogen-bond donors (Lipinski definition) is 0. The van der Waals surface area contributed by atoms with Crippen molar-refractivity contribution >= 4 is 27.4 Å². The van der Waals surface area contributed by atoms with Gasteiger partial charge in [-0.25, -0.2) is 18.4 Å². The summed E-state index contributed by atoms with van der Waals surface area (Å²) in [6.07, 6.45) is 0.625. The predicted molar refractivity (Wildman–Crippen MR) is 124 cm³/mol. The molecule has 0 saturated carbocycles. The molecule has 3 rings (SSSR count). The Morgan fingerprint density at radius 3 is 2.45 bits per heavy atom. The van der Waals surface area contributed by atoms with Crippen molar-refractivity contribution in [1.29, 1.82) is 0 Å². The van der Waals surface area contributed by atoms with Gasteiger partial charge in [0.15, 0.2) is 0 Å². The number of hydrogen-bond acceptors (Lipinski definition) is 6. The van der Waals surface area contributed by atoms with Crippen LogP contribution in [0.2, 0.25) is 5.02 Å². The summed E-state index contributed by atoms with van der Waals surface area (Å²) in [6, 6.07) is 7.78. The number of ether oxygens (including phenoxy) is 1. The molecule has 31 heavy (non-hydrogen) atoms. The average molecular weight is 467 g/mol. The van der Waals surface area contributed by atoms with E-state index < -0.39 is 10.0 Å². The summed E-state index contributed by atoms with van der Waals surface area (Å²) in [5.74, 6) is 1.91. The van der Waals surface area contributed by atoms with Crippen molar-refractivity contribution in [3.63, 3.8) is 0 Å². The van der Waals surface area contributed by atoms with Crippen LogP contribution in [0.3, 0.4) is 0 Å². The van der Waals surface area contributed by atoms with Crippen LogP contribution in [-0.2, 0) is 27.8 Å². The zero-order valence-corrected chi connectivity index (χ0v) is 20.2. The summed E-state index contributed by atoms with van der Waals surface area (Å²) in [5, 5.41) is 0.686. The molecular weight excluding hydrogens is 436 g/mol. The van der Waals surface area contributed by atoms with Crippen LogP contribution in [0.4, 0.5) is 5.82 Å². The zero-order valence-electron chi connectivity index (χ0n) is 18.6. The van der Waals surface area contributed by atoms with Crippen LogP contribution in [0, 0.1) is 0 Å². The molecule has 2 aromatic rings. The lowest BCUT2D eigenvalue weighted by Crippen LogP contribution is -2.49. The molecule has 7 nitrogen and oxygen atoms in total. The van der Waals surface area contributed by atoms with Crippen molar-refractivity contribution in [1.82, 2.24) is 14.3 Å². The van der Waals surface area contributed by atoms with Gasteiger partial charge in [0.05, 0.1) is 18.1 Å². The average Bonchev–Trinajstić information content (AvgIpc) is 2.75. The van der Waals surface area contributed by atoms with Gasteiger partial charge in [-0.1, -0.05) is 37.6 Å². The lowest BCUT2D eigenvalue weighted by Gasteiger charge is -2.36. The molecule has 1 aliphatic rings. The third-order valence-electron chi connectivity index (χ3n) is 5.45. The Balaban J connectivity index is 2.00. The van der Waals surface area contributed by atoms with Crippen LogP contribution in [0.5, 0.6) is 0 Å². The maximum absolute atomic E-state index is 12.3. The topological polar surface area (TPSA) is 75.6 Å². The lowest BCUT2D eigenvalue weighted by molar-refractivity contribution is 0.180. The van der Waals surface area contributed by atoms with E-state index in [0.717, 1.165) is 28.5 Å². The SMILES string of the molecule is CCS(=O)(=O)N1CCN(c2nc(C(C)C)nc(COC)c2Cc2cccc(Cl)c2)CC1. The molecule has 1 fully saturated rings. The molecule has 1 aromatic carbocycles. The number of aromatic nitrogens is 2. The van der Waals surface area contributed by atoms with Crippen LogP contribution in [0.25, 0.3) is 0 Å². The van der Waals surface area contributed by atoms with E-state index in [1.165, 1.54) is 0 Å². The first-order valence-electron chi connectivity index (χ1n) is 10.6. The first-order valence-corrected chi connectivity index (χ1v) is 12.6. The van der Waals surface area contributed by atoms with E-state index in [1.807, 2.05) is 24.3 Å². The van der Waals surface area contributed by atoms with Crippen molar-refractivity contribution in [3.8, 4) is 0 Å². The second-order valence-electron chi connectivity index (χ2n) is 8.01. The lowest BCUT2D eigenvalue weighted by atomic mass is 10.0. The number of benzene rings is 1. The first-order chi connectivity index (χ1) is 14.7. The maximum atomic E-state index is 12.3. The van der Waals surface area contributed by atoms with Gasteiger partial charge in [-0.3, -0.25) is 0 Å². The highest BCUT2D eigenvalue weighted by molar-refractivity contribution is 7.89. The smallest absolute Gasteiger partial charge is 0.213 e. The second kappa shape index (κ2) is 10.3. The van der Waals surface area contributed by atoms with Crippen LogP contribution in [-0.4, -0.2) is 61.7 Å². The van der Waals surface area contributed by atoms with Crippen molar-refractivity contribution in [2.75, 3.05) is 43.9 Å². The summed E-state index contributed by atoms with van der Waals surface area (Å²) in [5.41, 5.74) is 2.93. The predicted octanol–water partition coefficient (Wildman–Crippen LogP) is 3.46. The van der Waals surface area contributed by atoms with E-state index in [9.17, 15) is 8.42 Å². The molecule has 1 aliphatic heterocycles. The highest BCUT2D eigenvalue weighted by atomic mass is 35.5. The maximum Gasteiger partial charge on any atom is 0.213 e. The van der Waals surface area contributed by atoms with E-state index in [4.69, 9.17) is 26.3 Å². The fourth-order valence-electron chi connectivity index (χ4n) is 3.70. The Labute approximate surface area is 190 Å². The van der Waals surface area contributed by atoms with E-state index in [-0.39, 0.29) is 11.7 Å². The van der Waals surface area contributed by atoms with Gasteiger partial charge in [-0.15, -0.1) is 0 Å². The molecular formula is C22H31ClN4O3S. The minimum atomic E-state index is -3.19. The zero-order chi connectivity index (χ0) is 22.6. The van der Waals surface area contributed by atoms with E-state index >= 15 is 0 Å². The van der Waals surface area contributed by atoms with Gasteiger partial charge >= 0.3 is 0 Å². The second-order valence-corrected chi connectivity index (χ2v) is 10.7. The normalized spacial score (nSPS) is 15.6. The fraction of sp³-hybridized carbons (Fsp3) is 0.545. The minimum absolute atomic E-state index is 0.121. The van der Waals surface area contributed by atoms with Gasteiger partial charge in [-0.2, -0.15) is 4.31 Å². The summed E-state index contributed by atoms with van der Waals surface area (Å²) >= 11 is 6.21. The van der Waals surface area contributed by atoms with Gasteiger partial charge in [0.1, 0.15) is 11.6 Å². The molecule has 1 aromatic heterocycles. The third-order valence-corrected chi connectivity index (χ3v) is 7.57. The molecule has 0 N–H and O–H groups in total. The quantitative estimate of drug-likeness (QED) is 0.593. The number of rotatable bonds is 8. The summed E-state index contributed by atoms with van der Waals surface area (Å²) in [6.45, 7) is 8.28. The van der Waals surface area contributed by atoms with E-state index in [1.54, 1.807) is 18.3 Å². The molecule has 0 spiro atoms. The van der Waals surface area contributed by atoms with E-state index in [2.05, 4.69) is 18.7 Å². The highest BCUT2D eigenvalue weighted by Gasteiger charge is 2.28. The highest BCUT2D eigenvalue weighted by Crippen LogP contribution is 2.29. The van der Waals surface area contributed by atoms with Gasteiger partial charge in [-0.05, 0) is 24.6 Å². The van der Waals surface area contributed by atoms with Gasteiger partial charge in [0, 0.05) is 56.2 Å². The van der Waals surface area contributed by atoms with Crippen molar-refractivity contribution in [2.45, 2.75) is 39.7 Å². The molecule has 9 heteroatoms. The Bertz CT molecular complexity index is 1010. The molecule has 0 aliphatic carbocycles. The number of nitrogens with zero attached hydrogens (tertiary/aromatic N) is 4. The fourth-order valence-corrected chi connectivity index (χ4v) is 5.00. The van der Waals surface area contributed by atoms with Crippen molar-refractivity contribution in [2.24, 2.45) is 0 Å². The molecule has 1 saturated heterocycles. The Hall–Kier alpha value is -1.74. The van der Waals surface area contributed by atoms with Gasteiger partial charge < -0.3 is 9.64 Å². The van der Waals surface area contributed by atoms with Crippen LogP contribution in [0.1, 0.15) is 49.3 Å². The van der Waals surface area contributed by atoms with Crippen LogP contribution in [0.15, 0.2) is 24.3 Å². The number of anilines is 1. The monoisotopic (exact) mass is 466 g/mol. The number of sulfonamides is 1. The van der Waals surface area contributed by atoms with Crippen molar-refractivity contribution in [3.05, 3.63) is 51.9 Å². The largest absolute Gasteiger partial charge is 0.378 e.